The molecule has 3 nitrogen and oxygen atoms in total. The van der Waals surface area contributed by atoms with Gasteiger partial charge in [0.2, 0.25) is 0 Å². The molecule has 0 fully saturated rings. The summed E-state index contributed by atoms with van der Waals surface area (Å²) in [7, 11) is 0. The second kappa shape index (κ2) is 6.62. The highest BCUT2D eigenvalue weighted by Gasteiger charge is 2.27. The van der Waals surface area contributed by atoms with Crippen molar-refractivity contribution in [1.29, 1.82) is 0 Å². The quantitative estimate of drug-likeness (QED) is 0.715. The summed E-state index contributed by atoms with van der Waals surface area (Å²) in [5, 5.41) is 9.67. The molecule has 1 rings (SSSR count). The van der Waals surface area contributed by atoms with E-state index >= 15 is 0 Å². The number of para-hydroxylation sites is 1. The maximum Gasteiger partial charge on any atom is 0.119 e. The van der Waals surface area contributed by atoms with E-state index in [-0.39, 0.29) is 11.5 Å². The van der Waals surface area contributed by atoms with Gasteiger partial charge in [0, 0.05) is 12.0 Å². The van der Waals surface area contributed by atoms with E-state index in [0.717, 1.165) is 18.6 Å². The molecular formula is C14H23NO2. The highest BCUT2D eigenvalue weighted by atomic mass is 16.5. The van der Waals surface area contributed by atoms with Crippen LogP contribution < -0.4 is 10.5 Å². The lowest BCUT2D eigenvalue weighted by Gasteiger charge is -2.31. The summed E-state index contributed by atoms with van der Waals surface area (Å²) in [6.45, 7) is 4.97. The van der Waals surface area contributed by atoms with Crippen molar-refractivity contribution in [2.75, 3.05) is 13.2 Å². The van der Waals surface area contributed by atoms with Crippen molar-refractivity contribution in [3.05, 3.63) is 30.3 Å². The summed E-state index contributed by atoms with van der Waals surface area (Å²) >= 11 is 0. The fraction of sp³-hybridized carbons (Fsp3) is 0.571. The van der Waals surface area contributed by atoms with E-state index in [0.29, 0.717) is 13.2 Å². The molecule has 0 aliphatic heterocycles. The van der Waals surface area contributed by atoms with E-state index in [2.05, 4.69) is 0 Å². The van der Waals surface area contributed by atoms with Crippen LogP contribution in [-0.4, -0.2) is 24.4 Å². The first-order valence-corrected chi connectivity index (χ1v) is 6.14. The molecule has 0 aliphatic carbocycles. The predicted molar refractivity (Wildman–Crippen MR) is 70.0 cm³/mol. The third-order valence-electron chi connectivity index (χ3n) is 3.38. The zero-order chi connectivity index (χ0) is 12.7. The molecule has 0 amide bonds. The first-order chi connectivity index (χ1) is 8.08. The SMILES string of the molecule is CC(O)C(C)(CN)CCCOc1ccccc1. The Bertz CT molecular complexity index is 313. The third kappa shape index (κ3) is 4.36. The molecule has 0 spiro atoms. The van der Waals surface area contributed by atoms with Crippen molar-refractivity contribution in [2.45, 2.75) is 32.8 Å². The largest absolute Gasteiger partial charge is 0.494 e. The molecule has 0 bridgehead atoms. The fourth-order valence-corrected chi connectivity index (χ4v) is 1.66. The van der Waals surface area contributed by atoms with E-state index in [1.807, 2.05) is 37.3 Å². The average Bonchev–Trinajstić information content (AvgIpc) is 2.35. The zero-order valence-corrected chi connectivity index (χ0v) is 10.7. The Morgan fingerprint density at radius 2 is 2.00 bits per heavy atom. The number of hydrogen-bond donors (Lipinski definition) is 2. The number of aliphatic hydroxyl groups excluding tert-OH is 1. The fourth-order valence-electron chi connectivity index (χ4n) is 1.66. The number of aliphatic hydroxyl groups is 1. The summed E-state index contributed by atoms with van der Waals surface area (Å²) in [5.41, 5.74) is 5.49. The Hall–Kier alpha value is -1.06. The third-order valence-corrected chi connectivity index (χ3v) is 3.38. The number of hydrogen-bond acceptors (Lipinski definition) is 3. The molecule has 0 aliphatic rings. The van der Waals surface area contributed by atoms with Crippen LogP contribution >= 0.6 is 0 Å². The van der Waals surface area contributed by atoms with Crippen LogP contribution in [0.1, 0.15) is 26.7 Å². The highest BCUT2D eigenvalue weighted by molar-refractivity contribution is 5.20. The molecule has 3 N–H and O–H groups in total. The molecule has 0 saturated carbocycles. The van der Waals surface area contributed by atoms with Gasteiger partial charge in [0.25, 0.3) is 0 Å². The maximum absolute atomic E-state index is 9.67. The maximum atomic E-state index is 9.67. The van der Waals surface area contributed by atoms with Crippen LogP contribution in [0.2, 0.25) is 0 Å². The molecule has 1 aromatic carbocycles. The van der Waals surface area contributed by atoms with Crippen LogP contribution in [0.4, 0.5) is 0 Å². The van der Waals surface area contributed by atoms with Crippen molar-refractivity contribution < 1.29 is 9.84 Å². The molecule has 1 aromatic rings. The summed E-state index contributed by atoms with van der Waals surface area (Å²) < 4.78 is 5.60. The summed E-state index contributed by atoms with van der Waals surface area (Å²) in [4.78, 5) is 0. The van der Waals surface area contributed by atoms with E-state index < -0.39 is 0 Å². The van der Waals surface area contributed by atoms with Crippen molar-refractivity contribution in [3.63, 3.8) is 0 Å². The molecule has 0 heterocycles. The first kappa shape index (κ1) is 14.0. The summed E-state index contributed by atoms with van der Waals surface area (Å²) in [6.07, 6.45) is 1.38. The topological polar surface area (TPSA) is 55.5 Å². The van der Waals surface area contributed by atoms with E-state index in [9.17, 15) is 5.11 Å². The molecule has 0 radical (unpaired) electrons. The molecule has 17 heavy (non-hydrogen) atoms. The Labute approximate surface area is 104 Å². The van der Waals surface area contributed by atoms with Crippen LogP contribution in [0.15, 0.2) is 30.3 Å². The molecular weight excluding hydrogens is 214 g/mol. The van der Waals surface area contributed by atoms with Gasteiger partial charge in [-0.15, -0.1) is 0 Å². The smallest absolute Gasteiger partial charge is 0.119 e. The Morgan fingerprint density at radius 1 is 1.35 bits per heavy atom. The minimum atomic E-state index is -0.385. The summed E-state index contributed by atoms with van der Waals surface area (Å²) in [5.74, 6) is 0.888. The van der Waals surface area contributed by atoms with Gasteiger partial charge in [0.05, 0.1) is 12.7 Å². The van der Waals surface area contributed by atoms with Gasteiger partial charge in [-0.25, -0.2) is 0 Å². The van der Waals surface area contributed by atoms with E-state index in [4.69, 9.17) is 10.5 Å². The second-order valence-electron chi connectivity index (χ2n) is 4.80. The average molecular weight is 237 g/mol. The number of benzene rings is 1. The summed E-state index contributed by atoms with van der Waals surface area (Å²) in [6, 6.07) is 9.75. The molecule has 0 aromatic heterocycles. The van der Waals surface area contributed by atoms with Crippen LogP contribution in [0.5, 0.6) is 5.75 Å². The lowest BCUT2D eigenvalue weighted by atomic mass is 9.81. The van der Waals surface area contributed by atoms with Gasteiger partial charge < -0.3 is 15.6 Å². The monoisotopic (exact) mass is 237 g/mol. The predicted octanol–water partition coefficient (Wildman–Crippen LogP) is 2.19. The number of nitrogens with two attached hydrogens (primary N) is 1. The van der Waals surface area contributed by atoms with Gasteiger partial charge in [-0.3, -0.25) is 0 Å². The molecule has 0 saturated heterocycles. The number of ether oxygens (including phenoxy) is 1. The van der Waals surface area contributed by atoms with Crippen molar-refractivity contribution in [2.24, 2.45) is 11.1 Å². The van der Waals surface area contributed by atoms with Gasteiger partial charge in [-0.05, 0) is 31.9 Å². The van der Waals surface area contributed by atoms with Crippen LogP contribution in [0.3, 0.4) is 0 Å². The normalized spacial score (nSPS) is 16.2. The highest BCUT2D eigenvalue weighted by Crippen LogP contribution is 2.26. The minimum Gasteiger partial charge on any atom is -0.494 e. The Balaban J connectivity index is 2.28. The standard InChI is InChI=1S/C14H23NO2/c1-12(16)14(2,11-15)9-6-10-17-13-7-4-3-5-8-13/h3-5,7-8,12,16H,6,9-11,15H2,1-2H3. The van der Waals surface area contributed by atoms with Crippen LogP contribution in [0, 0.1) is 5.41 Å². The molecule has 3 heteroatoms. The van der Waals surface area contributed by atoms with Gasteiger partial charge in [-0.1, -0.05) is 25.1 Å². The van der Waals surface area contributed by atoms with Crippen molar-refractivity contribution >= 4 is 0 Å². The molecule has 96 valence electrons. The minimum absolute atomic E-state index is 0.208. The van der Waals surface area contributed by atoms with E-state index in [1.54, 1.807) is 6.92 Å². The zero-order valence-electron chi connectivity index (χ0n) is 10.7. The van der Waals surface area contributed by atoms with Gasteiger partial charge in [0.15, 0.2) is 0 Å². The van der Waals surface area contributed by atoms with Gasteiger partial charge in [0.1, 0.15) is 5.75 Å². The lowest BCUT2D eigenvalue weighted by molar-refractivity contribution is 0.0476. The molecule has 2 unspecified atom stereocenters. The second-order valence-corrected chi connectivity index (χ2v) is 4.80. The Kier molecular flexibility index (Phi) is 5.45. The van der Waals surface area contributed by atoms with Crippen molar-refractivity contribution in [1.82, 2.24) is 0 Å². The van der Waals surface area contributed by atoms with Gasteiger partial charge >= 0.3 is 0 Å². The molecule has 2 atom stereocenters. The van der Waals surface area contributed by atoms with Crippen molar-refractivity contribution in [3.8, 4) is 5.75 Å². The van der Waals surface area contributed by atoms with Crippen LogP contribution in [0.25, 0.3) is 0 Å². The van der Waals surface area contributed by atoms with E-state index in [1.165, 1.54) is 0 Å². The Morgan fingerprint density at radius 3 is 2.53 bits per heavy atom. The first-order valence-electron chi connectivity index (χ1n) is 6.14. The lowest BCUT2D eigenvalue weighted by Crippen LogP contribution is -2.37. The van der Waals surface area contributed by atoms with Crippen LogP contribution in [-0.2, 0) is 0 Å². The van der Waals surface area contributed by atoms with Gasteiger partial charge in [-0.2, -0.15) is 0 Å². The number of rotatable bonds is 7.